The summed E-state index contributed by atoms with van der Waals surface area (Å²) in [6, 6.07) is 8.42. The van der Waals surface area contributed by atoms with Crippen LogP contribution in [0, 0.1) is 11.3 Å². The van der Waals surface area contributed by atoms with E-state index in [0.29, 0.717) is 5.56 Å². The predicted octanol–water partition coefficient (Wildman–Crippen LogP) is 5.10. The highest BCUT2D eigenvalue weighted by molar-refractivity contribution is 9.10. The zero-order valence-electron chi connectivity index (χ0n) is 9.15. The number of aromatic nitrogens is 1. The summed E-state index contributed by atoms with van der Waals surface area (Å²) < 4.78 is 38.9. The largest absolute Gasteiger partial charge is 0.432 e. The zero-order chi connectivity index (χ0) is 14.2. The number of H-pyrrole nitrogens is 1. The van der Waals surface area contributed by atoms with E-state index in [0.717, 1.165) is 4.47 Å². The van der Waals surface area contributed by atoms with Crippen LogP contribution >= 0.6 is 31.9 Å². The van der Waals surface area contributed by atoms with Gasteiger partial charge >= 0.3 is 6.18 Å². The molecule has 2 nitrogen and oxygen atoms in total. The normalized spacial score (nSPS) is 11.4. The molecule has 2 rings (SSSR count). The third kappa shape index (κ3) is 2.69. The summed E-state index contributed by atoms with van der Waals surface area (Å²) in [5.41, 5.74) is -0.359. The minimum absolute atomic E-state index is 0.0605. The van der Waals surface area contributed by atoms with E-state index in [1.807, 2.05) is 0 Å². The van der Waals surface area contributed by atoms with E-state index in [-0.39, 0.29) is 15.7 Å². The van der Waals surface area contributed by atoms with Gasteiger partial charge in [0.25, 0.3) is 0 Å². The highest BCUT2D eigenvalue weighted by Crippen LogP contribution is 2.40. The molecule has 7 heteroatoms. The van der Waals surface area contributed by atoms with Crippen LogP contribution in [0.25, 0.3) is 11.3 Å². The summed E-state index contributed by atoms with van der Waals surface area (Å²) in [4.78, 5) is 2.27. The fourth-order valence-corrected chi connectivity index (χ4v) is 2.49. The Hall–Kier alpha value is -1.26. The maximum absolute atomic E-state index is 12.8. The number of aromatic amines is 1. The molecule has 0 saturated heterocycles. The van der Waals surface area contributed by atoms with Crippen LogP contribution in [0.5, 0.6) is 0 Å². The maximum atomic E-state index is 12.8. The maximum Gasteiger partial charge on any atom is 0.432 e. The third-order valence-electron chi connectivity index (χ3n) is 2.47. The van der Waals surface area contributed by atoms with Gasteiger partial charge < -0.3 is 4.98 Å². The molecule has 0 aliphatic heterocycles. The van der Waals surface area contributed by atoms with Gasteiger partial charge in [0.05, 0.1) is 15.7 Å². The molecule has 2 aromatic rings. The van der Waals surface area contributed by atoms with Crippen molar-refractivity contribution in [3.8, 4) is 17.3 Å². The van der Waals surface area contributed by atoms with Crippen LogP contribution in [0.2, 0.25) is 0 Å². The van der Waals surface area contributed by atoms with Crippen molar-refractivity contribution < 1.29 is 13.2 Å². The van der Waals surface area contributed by atoms with Gasteiger partial charge in [-0.1, -0.05) is 28.1 Å². The van der Waals surface area contributed by atoms with Crippen LogP contribution in [0.15, 0.2) is 33.2 Å². The van der Waals surface area contributed by atoms with E-state index in [9.17, 15) is 13.2 Å². The minimum atomic E-state index is -4.54. The average Bonchev–Trinajstić information content (AvgIpc) is 2.67. The molecule has 19 heavy (non-hydrogen) atoms. The van der Waals surface area contributed by atoms with Crippen LogP contribution in [0.4, 0.5) is 13.2 Å². The van der Waals surface area contributed by atoms with E-state index in [1.165, 1.54) is 0 Å². The van der Waals surface area contributed by atoms with E-state index in [2.05, 4.69) is 36.8 Å². The Morgan fingerprint density at radius 3 is 2.16 bits per heavy atom. The lowest BCUT2D eigenvalue weighted by molar-refractivity contribution is -0.141. The van der Waals surface area contributed by atoms with Gasteiger partial charge in [0, 0.05) is 4.47 Å². The van der Waals surface area contributed by atoms with Gasteiger partial charge in [-0.3, -0.25) is 0 Å². The van der Waals surface area contributed by atoms with Crippen molar-refractivity contribution in [1.82, 2.24) is 4.98 Å². The molecule has 1 heterocycles. The van der Waals surface area contributed by atoms with Gasteiger partial charge in [-0.25, -0.2) is 0 Å². The second-order valence-corrected chi connectivity index (χ2v) is 5.39. The van der Waals surface area contributed by atoms with Gasteiger partial charge in [0.15, 0.2) is 0 Å². The molecule has 1 aromatic carbocycles. The van der Waals surface area contributed by atoms with Crippen LogP contribution in [0.3, 0.4) is 0 Å². The summed E-state index contributed by atoms with van der Waals surface area (Å²) >= 11 is 6.07. The molecule has 0 bridgehead atoms. The molecule has 0 atom stereocenters. The second-order valence-electron chi connectivity index (χ2n) is 3.68. The van der Waals surface area contributed by atoms with E-state index >= 15 is 0 Å². The lowest BCUT2D eigenvalue weighted by Crippen LogP contribution is -2.06. The van der Waals surface area contributed by atoms with Gasteiger partial charge in [0.1, 0.15) is 11.8 Å². The smallest absolute Gasteiger partial charge is 0.349 e. The van der Waals surface area contributed by atoms with Crippen molar-refractivity contribution in [3.05, 3.63) is 44.5 Å². The number of nitrogens with zero attached hydrogens (tertiary/aromatic N) is 1. The zero-order valence-corrected chi connectivity index (χ0v) is 12.3. The molecule has 1 N–H and O–H groups in total. The Morgan fingerprint density at radius 2 is 1.68 bits per heavy atom. The third-order valence-corrected chi connectivity index (χ3v) is 3.79. The van der Waals surface area contributed by atoms with E-state index in [4.69, 9.17) is 5.26 Å². The number of hydrogen-bond acceptors (Lipinski definition) is 1. The summed E-state index contributed by atoms with van der Waals surface area (Å²) in [6.45, 7) is 0. The first-order valence-corrected chi connectivity index (χ1v) is 6.58. The van der Waals surface area contributed by atoms with Crippen LogP contribution < -0.4 is 0 Å². The lowest BCUT2D eigenvalue weighted by atomic mass is 10.1. The van der Waals surface area contributed by atoms with Crippen LogP contribution in [0.1, 0.15) is 11.3 Å². The molecule has 0 aliphatic rings. The van der Waals surface area contributed by atoms with Crippen molar-refractivity contribution >= 4 is 31.9 Å². The number of nitrogens with one attached hydrogen (secondary N) is 1. The number of benzene rings is 1. The van der Waals surface area contributed by atoms with Gasteiger partial charge in [-0.05, 0) is 33.6 Å². The van der Waals surface area contributed by atoms with Crippen molar-refractivity contribution in [2.24, 2.45) is 0 Å². The van der Waals surface area contributed by atoms with Crippen LogP contribution in [-0.4, -0.2) is 4.98 Å². The molecule has 98 valence electrons. The molecule has 0 amide bonds. The minimum Gasteiger partial charge on any atom is -0.349 e. The Bertz CT molecular complexity index is 651. The van der Waals surface area contributed by atoms with E-state index in [1.54, 1.807) is 30.3 Å². The first-order chi connectivity index (χ1) is 8.84. The summed E-state index contributed by atoms with van der Waals surface area (Å²) in [5.74, 6) is 0. The molecule has 0 aliphatic carbocycles. The quantitative estimate of drug-likeness (QED) is 0.719. The summed E-state index contributed by atoms with van der Waals surface area (Å²) in [7, 11) is 0. The molecule has 0 spiro atoms. The van der Waals surface area contributed by atoms with Crippen LogP contribution in [-0.2, 0) is 6.18 Å². The fourth-order valence-electron chi connectivity index (χ4n) is 1.61. The predicted molar refractivity (Wildman–Crippen MR) is 71.3 cm³/mol. The molecule has 0 saturated carbocycles. The number of nitriles is 1. The van der Waals surface area contributed by atoms with Crippen molar-refractivity contribution in [2.75, 3.05) is 0 Å². The Balaban J connectivity index is 2.65. The van der Waals surface area contributed by atoms with E-state index < -0.39 is 11.9 Å². The average molecular weight is 394 g/mol. The molecule has 0 radical (unpaired) electrons. The Morgan fingerprint density at radius 1 is 1.11 bits per heavy atom. The monoisotopic (exact) mass is 392 g/mol. The van der Waals surface area contributed by atoms with Gasteiger partial charge in [-0.15, -0.1) is 0 Å². The summed E-state index contributed by atoms with van der Waals surface area (Å²) in [5, 5.41) is 9.02. The lowest BCUT2D eigenvalue weighted by Gasteiger charge is -2.03. The molecule has 0 unspecified atom stereocenters. The number of rotatable bonds is 1. The highest BCUT2D eigenvalue weighted by Gasteiger charge is 2.37. The highest BCUT2D eigenvalue weighted by atomic mass is 79.9. The van der Waals surface area contributed by atoms with Crippen molar-refractivity contribution in [2.45, 2.75) is 6.18 Å². The number of alkyl halides is 3. The fraction of sp³-hybridized carbons (Fsp3) is 0.0833. The topological polar surface area (TPSA) is 39.6 Å². The molecule has 0 fully saturated rings. The molecular weight excluding hydrogens is 389 g/mol. The SMILES string of the molecule is N#Cc1c(-c2ccc(Br)cc2)[nH]c(C(F)(F)F)c1Br. The number of hydrogen-bond donors (Lipinski definition) is 1. The molecular formula is C12H5Br2F3N2. The van der Waals surface area contributed by atoms with Crippen molar-refractivity contribution in [3.63, 3.8) is 0 Å². The first kappa shape index (κ1) is 14.2. The summed E-state index contributed by atoms with van der Waals surface area (Å²) in [6.07, 6.45) is -4.54. The first-order valence-electron chi connectivity index (χ1n) is 4.99. The Kier molecular flexibility index (Phi) is 3.74. The van der Waals surface area contributed by atoms with Gasteiger partial charge in [0.2, 0.25) is 0 Å². The number of halogens is 5. The standard InChI is InChI=1S/C12H5Br2F3N2/c13-7-3-1-6(2-4-7)10-8(5-18)9(14)11(19-10)12(15,16)17/h1-4,19H. The van der Waals surface area contributed by atoms with Gasteiger partial charge in [-0.2, -0.15) is 18.4 Å². The molecule has 1 aromatic heterocycles. The van der Waals surface area contributed by atoms with Crippen molar-refractivity contribution in [1.29, 1.82) is 5.26 Å². The second kappa shape index (κ2) is 5.02. The Labute approximate surface area is 123 Å².